The van der Waals surface area contributed by atoms with Crippen molar-refractivity contribution in [3.05, 3.63) is 35.1 Å². The number of hydrogen-bond donors (Lipinski definition) is 0. The summed E-state index contributed by atoms with van der Waals surface area (Å²) in [6, 6.07) is 5.35. The molecule has 22 heavy (non-hydrogen) atoms. The second kappa shape index (κ2) is 8.18. The summed E-state index contributed by atoms with van der Waals surface area (Å²) in [6.45, 7) is 4.52. The first-order chi connectivity index (χ1) is 10.5. The molecule has 1 aromatic carbocycles. The second-order valence-electron chi connectivity index (χ2n) is 6.34. The van der Waals surface area contributed by atoms with E-state index < -0.39 is 11.0 Å². The molecule has 0 radical (unpaired) electrons. The Kier molecular flexibility index (Phi) is 6.53. The van der Waals surface area contributed by atoms with Crippen LogP contribution in [0, 0.1) is 12.7 Å². The summed E-state index contributed by atoms with van der Waals surface area (Å²) in [6.07, 6.45) is 2.88. The third-order valence-corrected chi connectivity index (χ3v) is 5.99. The van der Waals surface area contributed by atoms with E-state index in [2.05, 4.69) is 9.21 Å². The van der Waals surface area contributed by atoms with Gasteiger partial charge in [0.05, 0.1) is 11.0 Å². The third kappa shape index (κ3) is 4.61. The number of piperidine rings is 1. The van der Waals surface area contributed by atoms with Crippen molar-refractivity contribution in [3.8, 4) is 0 Å². The van der Waals surface area contributed by atoms with Gasteiger partial charge in [-0.15, -0.1) is 0 Å². The van der Waals surface area contributed by atoms with Gasteiger partial charge in [-0.05, 0) is 69.9 Å². The van der Waals surface area contributed by atoms with Gasteiger partial charge in [0, 0.05) is 18.8 Å². The molecule has 1 saturated heterocycles. The van der Waals surface area contributed by atoms with Crippen LogP contribution in [0.25, 0.3) is 0 Å². The van der Waals surface area contributed by atoms with Gasteiger partial charge in [-0.3, -0.25) is 0 Å². The van der Waals surface area contributed by atoms with E-state index in [9.17, 15) is 8.60 Å². The molecule has 1 atom stereocenters. The minimum Gasteiger partial charge on any atom is -0.309 e. The summed E-state index contributed by atoms with van der Waals surface area (Å²) in [4.78, 5) is 2.12. The lowest BCUT2D eigenvalue weighted by atomic mass is 9.87. The molecule has 1 aliphatic heterocycles. The molecule has 0 aliphatic carbocycles. The molecule has 124 valence electrons. The Morgan fingerprint density at radius 2 is 2.00 bits per heavy atom. The van der Waals surface area contributed by atoms with E-state index in [4.69, 9.17) is 0 Å². The van der Waals surface area contributed by atoms with Gasteiger partial charge in [-0.2, -0.15) is 0 Å². The maximum atomic E-state index is 13.7. The number of halogens is 1. The van der Waals surface area contributed by atoms with Gasteiger partial charge in [0.2, 0.25) is 0 Å². The van der Waals surface area contributed by atoms with E-state index in [1.54, 1.807) is 6.07 Å². The molecule has 1 fully saturated rings. The normalized spacial score (nSPS) is 18.8. The van der Waals surface area contributed by atoms with Gasteiger partial charge in [-0.1, -0.05) is 12.1 Å². The molecule has 1 aromatic rings. The fourth-order valence-electron chi connectivity index (χ4n) is 3.07. The van der Waals surface area contributed by atoms with E-state index in [-0.39, 0.29) is 5.82 Å². The zero-order valence-corrected chi connectivity index (χ0v) is 14.7. The van der Waals surface area contributed by atoms with Crippen molar-refractivity contribution < 1.29 is 8.60 Å². The smallest absolute Gasteiger partial charge is 0.126 e. The van der Waals surface area contributed by atoms with Crippen LogP contribution in [-0.4, -0.2) is 52.9 Å². The zero-order chi connectivity index (χ0) is 16.1. The Labute approximate surface area is 136 Å². The van der Waals surface area contributed by atoms with E-state index in [0.717, 1.165) is 55.8 Å². The number of nitrogens with zero attached hydrogens (tertiary/aromatic N) is 2. The third-order valence-electron chi connectivity index (χ3n) is 4.42. The highest BCUT2D eigenvalue weighted by molar-refractivity contribution is 7.82. The Hall–Kier alpha value is -0.780. The highest BCUT2D eigenvalue weighted by atomic mass is 32.2. The van der Waals surface area contributed by atoms with Crippen molar-refractivity contribution in [2.24, 2.45) is 0 Å². The minimum absolute atomic E-state index is 0.118. The summed E-state index contributed by atoms with van der Waals surface area (Å²) in [5, 5.41) is 0. The quantitative estimate of drug-likeness (QED) is 0.802. The van der Waals surface area contributed by atoms with E-state index in [1.165, 1.54) is 6.07 Å². The van der Waals surface area contributed by atoms with Crippen molar-refractivity contribution in [2.45, 2.75) is 32.1 Å². The molecule has 0 spiro atoms. The van der Waals surface area contributed by atoms with Crippen molar-refractivity contribution in [2.75, 3.05) is 39.5 Å². The van der Waals surface area contributed by atoms with Gasteiger partial charge in [0.15, 0.2) is 0 Å². The molecule has 0 amide bonds. The molecule has 0 N–H and O–H groups in total. The first-order valence-electron chi connectivity index (χ1n) is 8.02. The monoisotopic (exact) mass is 326 g/mol. The Bertz CT molecular complexity index is 513. The Morgan fingerprint density at radius 1 is 1.32 bits per heavy atom. The average Bonchev–Trinajstić information content (AvgIpc) is 2.50. The Morgan fingerprint density at radius 3 is 2.64 bits per heavy atom. The summed E-state index contributed by atoms with van der Waals surface area (Å²) in [5.74, 6) is 1.01. The van der Waals surface area contributed by atoms with E-state index in [1.807, 2.05) is 27.1 Å². The molecule has 3 nitrogen and oxygen atoms in total. The molecule has 5 heteroatoms. The molecular formula is C17H27FN2OS. The lowest BCUT2D eigenvalue weighted by molar-refractivity contribution is 0.332. The van der Waals surface area contributed by atoms with Crippen LogP contribution in [0.1, 0.15) is 36.3 Å². The zero-order valence-electron chi connectivity index (χ0n) is 13.8. The molecule has 1 unspecified atom stereocenters. The molecule has 1 aliphatic rings. The number of benzene rings is 1. The van der Waals surface area contributed by atoms with Crippen LogP contribution in [0.4, 0.5) is 4.39 Å². The highest BCUT2D eigenvalue weighted by Gasteiger charge is 2.25. The van der Waals surface area contributed by atoms with Crippen LogP contribution < -0.4 is 0 Å². The summed E-state index contributed by atoms with van der Waals surface area (Å²) in [5.41, 5.74) is 1.89. The van der Waals surface area contributed by atoms with Crippen LogP contribution in [0.3, 0.4) is 0 Å². The van der Waals surface area contributed by atoms with E-state index in [0.29, 0.717) is 5.92 Å². The predicted molar refractivity (Wildman–Crippen MR) is 90.9 cm³/mol. The molecule has 0 bridgehead atoms. The van der Waals surface area contributed by atoms with Crippen molar-refractivity contribution in [3.63, 3.8) is 0 Å². The first-order valence-corrected chi connectivity index (χ1v) is 9.30. The van der Waals surface area contributed by atoms with Crippen molar-refractivity contribution >= 4 is 11.0 Å². The van der Waals surface area contributed by atoms with Gasteiger partial charge >= 0.3 is 0 Å². The van der Waals surface area contributed by atoms with Crippen LogP contribution >= 0.6 is 0 Å². The van der Waals surface area contributed by atoms with Gasteiger partial charge in [-0.25, -0.2) is 12.9 Å². The van der Waals surface area contributed by atoms with Gasteiger partial charge in [0.1, 0.15) is 5.82 Å². The SMILES string of the molecule is Cc1c(F)cccc1C1CCN(S(=O)CCCN(C)C)CC1. The maximum Gasteiger partial charge on any atom is 0.126 e. The van der Waals surface area contributed by atoms with Crippen molar-refractivity contribution in [1.29, 1.82) is 0 Å². The molecule has 0 aromatic heterocycles. The van der Waals surface area contributed by atoms with Crippen LogP contribution in [0.15, 0.2) is 18.2 Å². The largest absolute Gasteiger partial charge is 0.309 e. The highest BCUT2D eigenvalue weighted by Crippen LogP contribution is 2.31. The molecule has 1 heterocycles. The first kappa shape index (κ1) is 17.6. The second-order valence-corrected chi connectivity index (χ2v) is 7.91. The summed E-state index contributed by atoms with van der Waals surface area (Å²) in [7, 11) is 3.20. The molecule has 2 rings (SSSR count). The van der Waals surface area contributed by atoms with Gasteiger partial charge < -0.3 is 4.90 Å². The average molecular weight is 326 g/mol. The number of hydrogen-bond acceptors (Lipinski definition) is 2. The standard InChI is InChI=1S/C17H27FN2OS/c1-14-16(6-4-7-17(14)18)15-8-11-20(12-9-15)22(21)13-5-10-19(2)3/h4,6-7,15H,5,8-13H2,1-3H3. The van der Waals surface area contributed by atoms with Crippen LogP contribution in [0.2, 0.25) is 0 Å². The maximum absolute atomic E-state index is 13.7. The van der Waals surface area contributed by atoms with E-state index >= 15 is 0 Å². The fraction of sp³-hybridized carbons (Fsp3) is 0.647. The fourth-order valence-corrected chi connectivity index (χ4v) is 4.32. The van der Waals surface area contributed by atoms with Gasteiger partial charge in [0.25, 0.3) is 0 Å². The number of rotatable bonds is 6. The lowest BCUT2D eigenvalue weighted by Gasteiger charge is -2.31. The molecular weight excluding hydrogens is 299 g/mol. The van der Waals surface area contributed by atoms with Crippen molar-refractivity contribution in [1.82, 2.24) is 9.21 Å². The summed E-state index contributed by atoms with van der Waals surface area (Å²) >= 11 is 0. The topological polar surface area (TPSA) is 23.6 Å². The predicted octanol–water partition coefficient (Wildman–Crippen LogP) is 2.93. The summed E-state index contributed by atoms with van der Waals surface area (Å²) < 4.78 is 28.1. The Balaban J connectivity index is 1.85. The lowest BCUT2D eigenvalue weighted by Crippen LogP contribution is -2.36. The van der Waals surface area contributed by atoms with Crippen LogP contribution in [-0.2, 0) is 11.0 Å². The molecule has 0 saturated carbocycles. The van der Waals surface area contributed by atoms with Crippen LogP contribution in [0.5, 0.6) is 0 Å². The minimum atomic E-state index is -0.871.